The van der Waals surface area contributed by atoms with E-state index in [0.717, 1.165) is 11.1 Å². The monoisotopic (exact) mass is 225 g/mol. The van der Waals surface area contributed by atoms with Gasteiger partial charge in [-0.05, 0) is 36.1 Å². The van der Waals surface area contributed by atoms with Gasteiger partial charge in [-0.1, -0.05) is 19.9 Å². The zero-order valence-corrected chi connectivity index (χ0v) is 10.1. The summed E-state index contributed by atoms with van der Waals surface area (Å²) in [6, 6.07) is 4.76. The number of benzene rings is 1. The molecule has 1 rings (SSSR count). The van der Waals surface area contributed by atoms with Gasteiger partial charge in [0, 0.05) is 13.1 Å². The topological polar surface area (TPSA) is 32.3 Å². The van der Waals surface area contributed by atoms with E-state index in [1.54, 1.807) is 6.07 Å². The number of halogens is 1. The SMILES string of the molecule is Cc1ccc(F)cc1CNCC(O)C(C)C. The average Bonchev–Trinajstić information content (AvgIpc) is 2.22. The van der Waals surface area contributed by atoms with Gasteiger partial charge in [0.25, 0.3) is 0 Å². The molecule has 3 heteroatoms. The van der Waals surface area contributed by atoms with Crippen LogP contribution in [0.1, 0.15) is 25.0 Å². The van der Waals surface area contributed by atoms with Crippen molar-refractivity contribution in [3.63, 3.8) is 0 Å². The number of aliphatic hydroxyl groups is 1. The van der Waals surface area contributed by atoms with Gasteiger partial charge in [0.05, 0.1) is 6.10 Å². The molecular weight excluding hydrogens is 205 g/mol. The molecule has 1 aromatic rings. The van der Waals surface area contributed by atoms with E-state index in [-0.39, 0.29) is 17.8 Å². The van der Waals surface area contributed by atoms with E-state index < -0.39 is 0 Å². The minimum absolute atomic E-state index is 0.216. The first-order valence-corrected chi connectivity index (χ1v) is 5.64. The van der Waals surface area contributed by atoms with Crippen LogP contribution in [0.3, 0.4) is 0 Å². The van der Waals surface area contributed by atoms with Crippen molar-refractivity contribution in [2.75, 3.05) is 6.54 Å². The van der Waals surface area contributed by atoms with Crippen LogP contribution in [0.2, 0.25) is 0 Å². The van der Waals surface area contributed by atoms with E-state index in [0.29, 0.717) is 13.1 Å². The molecule has 1 unspecified atom stereocenters. The molecule has 0 radical (unpaired) electrons. The van der Waals surface area contributed by atoms with Crippen LogP contribution in [0.4, 0.5) is 4.39 Å². The molecule has 0 aliphatic carbocycles. The van der Waals surface area contributed by atoms with Gasteiger partial charge in [-0.2, -0.15) is 0 Å². The highest BCUT2D eigenvalue weighted by Gasteiger charge is 2.08. The summed E-state index contributed by atoms with van der Waals surface area (Å²) in [7, 11) is 0. The summed E-state index contributed by atoms with van der Waals surface area (Å²) in [4.78, 5) is 0. The van der Waals surface area contributed by atoms with Gasteiger partial charge in [0.2, 0.25) is 0 Å². The standard InChI is InChI=1S/C13H20FNO/c1-9(2)13(16)8-15-7-11-6-12(14)5-4-10(11)3/h4-6,9,13,15-16H,7-8H2,1-3H3. The van der Waals surface area contributed by atoms with Gasteiger partial charge >= 0.3 is 0 Å². The van der Waals surface area contributed by atoms with Gasteiger partial charge < -0.3 is 10.4 Å². The molecule has 90 valence electrons. The van der Waals surface area contributed by atoms with Crippen LogP contribution in [-0.2, 0) is 6.54 Å². The highest BCUT2D eigenvalue weighted by Crippen LogP contribution is 2.10. The molecule has 1 aromatic carbocycles. The van der Waals surface area contributed by atoms with Crippen molar-refractivity contribution in [3.8, 4) is 0 Å². The zero-order valence-electron chi connectivity index (χ0n) is 10.1. The Hall–Kier alpha value is -0.930. The van der Waals surface area contributed by atoms with Crippen molar-refractivity contribution in [3.05, 3.63) is 35.1 Å². The minimum atomic E-state index is -0.353. The highest BCUT2D eigenvalue weighted by atomic mass is 19.1. The molecule has 16 heavy (non-hydrogen) atoms. The zero-order chi connectivity index (χ0) is 12.1. The summed E-state index contributed by atoms with van der Waals surface area (Å²) in [6.07, 6.45) is -0.353. The van der Waals surface area contributed by atoms with E-state index in [2.05, 4.69) is 5.32 Å². The second-order valence-corrected chi connectivity index (χ2v) is 4.51. The molecule has 0 aliphatic rings. The Balaban J connectivity index is 2.45. The van der Waals surface area contributed by atoms with Gasteiger partial charge in [0.15, 0.2) is 0 Å². The Morgan fingerprint density at radius 1 is 1.38 bits per heavy atom. The van der Waals surface area contributed by atoms with Crippen molar-refractivity contribution in [1.29, 1.82) is 0 Å². The fraction of sp³-hybridized carbons (Fsp3) is 0.538. The van der Waals surface area contributed by atoms with Crippen LogP contribution < -0.4 is 5.32 Å². The van der Waals surface area contributed by atoms with Gasteiger partial charge in [-0.25, -0.2) is 4.39 Å². The maximum absolute atomic E-state index is 13.0. The molecular formula is C13H20FNO. The first-order valence-electron chi connectivity index (χ1n) is 5.64. The molecule has 0 heterocycles. The molecule has 0 saturated heterocycles. The Bertz CT molecular complexity index is 339. The lowest BCUT2D eigenvalue weighted by molar-refractivity contribution is 0.123. The van der Waals surface area contributed by atoms with Gasteiger partial charge in [-0.3, -0.25) is 0 Å². The third-order valence-electron chi connectivity index (χ3n) is 2.75. The largest absolute Gasteiger partial charge is 0.392 e. The maximum Gasteiger partial charge on any atom is 0.123 e. The van der Waals surface area contributed by atoms with Crippen LogP contribution in [0.15, 0.2) is 18.2 Å². The maximum atomic E-state index is 13.0. The Morgan fingerprint density at radius 3 is 2.69 bits per heavy atom. The third-order valence-corrected chi connectivity index (χ3v) is 2.75. The summed E-state index contributed by atoms with van der Waals surface area (Å²) in [5.41, 5.74) is 2.00. The second kappa shape index (κ2) is 5.97. The van der Waals surface area contributed by atoms with E-state index in [1.165, 1.54) is 12.1 Å². The van der Waals surface area contributed by atoms with Crippen LogP contribution in [0, 0.1) is 18.7 Å². The van der Waals surface area contributed by atoms with Crippen LogP contribution in [0.5, 0.6) is 0 Å². The Kier molecular flexibility index (Phi) is 4.90. The van der Waals surface area contributed by atoms with Gasteiger partial charge in [0.1, 0.15) is 5.82 Å². The Labute approximate surface area is 96.5 Å². The summed E-state index contributed by atoms with van der Waals surface area (Å²) in [5.74, 6) is 0.0212. The molecule has 0 bridgehead atoms. The molecule has 2 nitrogen and oxygen atoms in total. The van der Waals surface area contributed by atoms with Crippen molar-refractivity contribution < 1.29 is 9.50 Å². The molecule has 0 amide bonds. The molecule has 0 aliphatic heterocycles. The lowest BCUT2D eigenvalue weighted by Gasteiger charge is -2.15. The number of aliphatic hydroxyl groups excluding tert-OH is 1. The predicted octanol–water partition coefficient (Wildman–Crippen LogP) is 2.24. The van der Waals surface area contributed by atoms with Crippen molar-refractivity contribution in [2.24, 2.45) is 5.92 Å². The summed E-state index contributed by atoms with van der Waals surface area (Å²) in [6.45, 7) is 7.02. The molecule has 0 aromatic heterocycles. The molecule has 0 spiro atoms. The number of nitrogens with one attached hydrogen (secondary N) is 1. The predicted molar refractivity (Wildman–Crippen MR) is 63.7 cm³/mol. The fourth-order valence-electron chi connectivity index (χ4n) is 1.42. The average molecular weight is 225 g/mol. The molecule has 1 atom stereocenters. The number of aryl methyl sites for hydroxylation is 1. The normalized spacial score (nSPS) is 13.1. The van der Waals surface area contributed by atoms with Crippen molar-refractivity contribution >= 4 is 0 Å². The highest BCUT2D eigenvalue weighted by molar-refractivity contribution is 5.26. The van der Waals surface area contributed by atoms with Gasteiger partial charge in [-0.15, -0.1) is 0 Å². The van der Waals surface area contributed by atoms with E-state index in [9.17, 15) is 9.50 Å². The molecule has 0 saturated carbocycles. The van der Waals surface area contributed by atoms with E-state index in [1.807, 2.05) is 20.8 Å². The summed E-state index contributed by atoms with van der Waals surface area (Å²) in [5, 5.41) is 12.7. The van der Waals surface area contributed by atoms with E-state index >= 15 is 0 Å². The summed E-state index contributed by atoms with van der Waals surface area (Å²) < 4.78 is 13.0. The number of hydrogen-bond acceptors (Lipinski definition) is 2. The van der Waals surface area contributed by atoms with Crippen LogP contribution in [-0.4, -0.2) is 17.8 Å². The van der Waals surface area contributed by atoms with Crippen LogP contribution >= 0.6 is 0 Å². The van der Waals surface area contributed by atoms with E-state index in [4.69, 9.17) is 0 Å². The van der Waals surface area contributed by atoms with Crippen LogP contribution in [0.25, 0.3) is 0 Å². The summed E-state index contributed by atoms with van der Waals surface area (Å²) >= 11 is 0. The minimum Gasteiger partial charge on any atom is -0.392 e. The quantitative estimate of drug-likeness (QED) is 0.805. The van der Waals surface area contributed by atoms with Crippen molar-refractivity contribution in [2.45, 2.75) is 33.4 Å². The third kappa shape index (κ3) is 3.91. The Morgan fingerprint density at radius 2 is 2.06 bits per heavy atom. The first-order chi connectivity index (χ1) is 7.50. The molecule has 0 fully saturated rings. The smallest absolute Gasteiger partial charge is 0.123 e. The molecule has 2 N–H and O–H groups in total. The lowest BCUT2D eigenvalue weighted by Crippen LogP contribution is -2.30. The second-order valence-electron chi connectivity index (χ2n) is 4.51. The lowest BCUT2D eigenvalue weighted by atomic mass is 10.1. The fourth-order valence-corrected chi connectivity index (χ4v) is 1.42. The number of rotatable bonds is 5. The number of hydrogen-bond donors (Lipinski definition) is 2. The van der Waals surface area contributed by atoms with Crippen molar-refractivity contribution in [1.82, 2.24) is 5.32 Å². The first kappa shape index (κ1) is 13.1.